The van der Waals surface area contributed by atoms with E-state index in [1.165, 1.54) is 19.5 Å². The molecule has 1 aliphatic rings. The van der Waals surface area contributed by atoms with E-state index in [2.05, 4.69) is 19.9 Å². The highest BCUT2D eigenvalue weighted by Gasteiger charge is 2.36. The molecule has 3 heterocycles. The maximum atomic E-state index is 13.4. The molecule has 5 rings (SSSR count). The van der Waals surface area contributed by atoms with Crippen LogP contribution in [0.4, 0.5) is 19.0 Å². The molecule has 3 aromatic heterocycles. The van der Waals surface area contributed by atoms with E-state index >= 15 is 0 Å². The lowest BCUT2D eigenvalue weighted by molar-refractivity contribution is -0.140. The molecule has 0 unspecified atom stereocenters. The van der Waals surface area contributed by atoms with E-state index < -0.39 is 17.1 Å². The van der Waals surface area contributed by atoms with Crippen molar-refractivity contribution in [2.45, 2.75) is 36.7 Å². The van der Waals surface area contributed by atoms with Crippen molar-refractivity contribution < 1.29 is 22.7 Å². The summed E-state index contributed by atoms with van der Waals surface area (Å²) in [5.74, 6) is 1.40. The number of aldehydes is 1. The van der Waals surface area contributed by atoms with Gasteiger partial charge in [0.1, 0.15) is 29.8 Å². The molecule has 0 atom stereocenters. The molecule has 212 valence electrons. The van der Waals surface area contributed by atoms with Gasteiger partial charge in [-0.3, -0.25) is 4.79 Å². The van der Waals surface area contributed by atoms with Crippen LogP contribution < -0.4 is 9.64 Å². The van der Waals surface area contributed by atoms with E-state index in [1.807, 2.05) is 11.9 Å². The van der Waals surface area contributed by atoms with Crippen molar-refractivity contribution >= 4 is 41.7 Å². The number of ether oxygens (including phenoxy) is 1. The summed E-state index contributed by atoms with van der Waals surface area (Å²) < 4.78 is 46.5. The number of hydrogen-bond donors (Lipinski definition) is 0. The Labute approximate surface area is 249 Å². The number of rotatable bonds is 10. The van der Waals surface area contributed by atoms with Gasteiger partial charge in [0.2, 0.25) is 5.88 Å². The molecule has 0 saturated heterocycles. The fourth-order valence-corrected chi connectivity index (χ4v) is 4.61. The van der Waals surface area contributed by atoms with Crippen LogP contribution in [0, 0.1) is 0 Å². The summed E-state index contributed by atoms with van der Waals surface area (Å²) in [6.07, 6.45) is 4.62. The zero-order chi connectivity index (χ0) is 30.9. The third kappa shape index (κ3) is 6.50. The van der Waals surface area contributed by atoms with Crippen molar-refractivity contribution in [3.8, 4) is 28.7 Å². The van der Waals surface area contributed by atoms with E-state index in [0.717, 1.165) is 28.7 Å². The molecule has 0 amide bonds. The van der Waals surface area contributed by atoms with Crippen LogP contribution in [0.2, 0.25) is 0 Å². The smallest absolute Gasteiger partial charge is 0.434 e. The Kier molecular flexibility index (Phi) is 8.17. The molecule has 6 radical (unpaired) electrons. The van der Waals surface area contributed by atoms with Gasteiger partial charge >= 0.3 is 6.18 Å². The minimum absolute atomic E-state index is 0.132. The van der Waals surface area contributed by atoms with Crippen LogP contribution in [0.5, 0.6) is 5.88 Å². The predicted octanol–water partition coefficient (Wildman–Crippen LogP) is 3.62. The number of alkyl halides is 3. The summed E-state index contributed by atoms with van der Waals surface area (Å²) in [6, 6.07) is 6.65. The zero-order valence-corrected chi connectivity index (χ0v) is 23.3. The number of allylic oxidation sites excluding steroid dienone is 1. The van der Waals surface area contributed by atoms with E-state index in [9.17, 15) is 18.0 Å². The second kappa shape index (κ2) is 11.7. The summed E-state index contributed by atoms with van der Waals surface area (Å²) in [7, 11) is 20.5. The lowest BCUT2D eigenvalue weighted by Crippen LogP contribution is -2.35. The van der Waals surface area contributed by atoms with Crippen molar-refractivity contribution in [3.05, 3.63) is 71.6 Å². The summed E-state index contributed by atoms with van der Waals surface area (Å²) in [5.41, 5.74) is 1.97. The van der Waals surface area contributed by atoms with Gasteiger partial charge in [-0.25, -0.2) is 24.9 Å². The highest BCUT2D eigenvalue weighted by Crippen LogP contribution is 2.45. The van der Waals surface area contributed by atoms with Gasteiger partial charge < -0.3 is 14.2 Å². The lowest BCUT2D eigenvalue weighted by atomic mass is 9.49. The van der Waals surface area contributed by atoms with E-state index in [-0.39, 0.29) is 11.7 Å². The van der Waals surface area contributed by atoms with Crippen LogP contribution in [0.3, 0.4) is 0 Å². The van der Waals surface area contributed by atoms with Gasteiger partial charge in [0.25, 0.3) is 0 Å². The average Bonchev–Trinajstić information content (AvgIpc) is 3.71. The number of carbonyl (C=O) groups is 1. The standard InChI is InChI=1S/C28H23B3F3N7O2/c1-40(13-16-5-7-18(8-6-16)25-38-20(27(32,33)34)14-41(25)28(29,30)31)24-19(4-3-11-42)12-35-23(39-24)21-22(17-9-10-17)36-15-37-26(21)43-2/h3-8,11-12,14-15,17H,9-10,13H2,1-2H3/b4-3-. The van der Waals surface area contributed by atoms with Crippen LogP contribution in [0.15, 0.2) is 49.1 Å². The third-order valence-electron chi connectivity index (χ3n) is 6.78. The molecular weight excluding hydrogens is 556 g/mol. The Morgan fingerprint density at radius 1 is 1.09 bits per heavy atom. The second-order valence-electron chi connectivity index (χ2n) is 10.1. The van der Waals surface area contributed by atoms with Gasteiger partial charge in [0.05, 0.1) is 36.3 Å². The molecule has 15 heteroatoms. The lowest BCUT2D eigenvalue weighted by Gasteiger charge is -2.25. The Hall–Kier alpha value is -4.42. The first-order chi connectivity index (χ1) is 20.4. The minimum Gasteiger partial charge on any atom is -0.480 e. The van der Waals surface area contributed by atoms with E-state index in [0.29, 0.717) is 53.2 Å². The number of hydrogen-bond acceptors (Lipinski definition) is 8. The monoisotopic (exact) mass is 579 g/mol. The Morgan fingerprint density at radius 3 is 2.42 bits per heavy atom. The molecule has 0 bridgehead atoms. The molecule has 1 aliphatic carbocycles. The van der Waals surface area contributed by atoms with Gasteiger partial charge in [-0.15, -0.1) is 0 Å². The molecule has 0 N–H and O–H groups in total. The van der Waals surface area contributed by atoms with Crippen molar-refractivity contribution in [1.82, 2.24) is 29.5 Å². The number of imidazole rings is 1. The number of anilines is 1. The molecule has 0 aliphatic heterocycles. The Morgan fingerprint density at radius 2 is 1.81 bits per heavy atom. The van der Waals surface area contributed by atoms with E-state index in [4.69, 9.17) is 33.3 Å². The van der Waals surface area contributed by atoms with Crippen LogP contribution in [0.25, 0.3) is 28.9 Å². The quantitative estimate of drug-likeness (QED) is 0.160. The first kappa shape index (κ1) is 30.1. The van der Waals surface area contributed by atoms with Crippen molar-refractivity contribution in [3.63, 3.8) is 0 Å². The SMILES string of the molecule is [B]C([B])([B])n1cc(C(F)(F)F)nc1-c1ccc(CN(C)c2nc(-c3c(OC)ncnc3C3CC3)ncc2/C=C\C=O)cc1. The largest absolute Gasteiger partial charge is 0.480 e. The van der Waals surface area contributed by atoms with Gasteiger partial charge in [-0.2, -0.15) is 13.2 Å². The number of nitrogens with zero attached hydrogens (tertiary/aromatic N) is 7. The zero-order valence-electron chi connectivity index (χ0n) is 23.3. The molecular formula is C28H23B3F3N7O2. The number of benzene rings is 1. The summed E-state index contributed by atoms with van der Waals surface area (Å²) in [4.78, 5) is 34.7. The number of aromatic nitrogens is 6. The normalized spacial score (nSPS) is 13.8. The molecule has 1 aromatic carbocycles. The van der Waals surface area contributed by atoms with Gasteiger partial charge in [-0.1, -0.05) is 29.5 Å². The van der Waals surface area contributed by atoms with Gasteiger partial charge in [0, 0.05) is 43.0 Å². The maximum Gasteiger partial charge on any atom is 0.434 e. The summed E-state index contributed by atoms with van der Waals surface area (Å²) >= 11 is 0. The molecule has 0 spiro atoms. The highest BCUT2D eigenvalue weighted by atomic mass is 19.4. The number of halogens is 3. The van der Waals surface area contributed by atoms with Gasteiger partial charge in [0.15, 0.2) is 11.5 Å². The van der Waals surface area contributed by atoms with Crippen molar-refractivity contribution in [2.75, 3.05) is 19.1 Å². The second-order valence-corrected chi connectivity index (χ2v) is 10.1. The van der Waals surface area contributed by atoms with Gasteiger partial charge in [-0.05, 0) is 30.6 Å². The third-order valence-corrected chi connectivity index (χ3v) is 6.78. The first-order valence-electron chi connectivity index (χ1n) is 13.1. The number of carbonyl (C=O) groups excluding carboxylic acids is 1. The predicted molar refractivity (Wildman–Crippen MR) is 157 cm³/mol. The van der Waals surface area contributed by atoms with E-state index in [1.54, 1.807) is 36.5 Å². The summed E-state index contributed by atoms with van der Waals surface area (Å²) in [5, 5.41) is -2.10. The van der Waals surface area contributed by atoms with Crippen molar-refractivity contribution in [1.29, 1.82) is 0 Å². The fraction of sp³-hybridized carbons (Fsp3) is 0.286. The minimum atomic E-state index is -4.71. The molecule has 1 fully saturated rings. The number of methoxy groups -OCH3 is 1. The van der Waals surface area contributed by atoms with Crippen LogP contribution in [-0.2, 0) is 22.8 Å². The summed E-state index contributed by atoms with van der Waals surface area (Å²) in [6.45, 7) is 0.341. The maximum absolute atomic E-state index is 13.4. The molecule has 4 aromatic rings. The highest BCUT2D eigenvalue weighted by molar-refractivity contribution is 6.56. The average molecular weight is 579 g/mol. The molecule has 9 nitrogen and oxygen atoms in total. The Bertz CT molecular complexity index is 1670. The van der Waals surface area contributed by atoms with Crippen LogP contribution in [-0.4, -0.2) is 73.5 Å². The van der Waals surface area contributed by atoms with Crippen molar-refractivity contribution in [2.24, 2.45) is 0 Å². The topological polar surface area (TPSA) is 98.9 Å². The molecule has 1 saturated carbocycles. The van der Waals surface area contributed by atoms with Crippen LogP contribution in [0.1, 0.15) is 41.3 Å². The molecule has 43 heavy (non-hydrogen) atoms. The van der Waals surface area contributed by atoms with Crippen LogP contribution >= 0.6 is 0 Å². The Balaban J connectivity index is 1.48. The first-order valence-corrected chi connectivity index (χ1v) is 13.1. The fourth-order valence-electron chi connectivity index (χ4n) is 4.61.